The third kappa shape index (κ3) is 3.62. The molecule has 2 amide bonds. The lowest BCUT2D eigenvalue weighted by molar-refractivity contribution is -0.384. The van der Waals surface area contributed by atoms with Gasteiger partial charge < -0.3 is 15.4 Å². The van der Waals surface area contributed by atoms with Gasteiger partial charge in [-0.2, -0.15) is 0 Å². The lowest BCUT2D eigenvalue weighted by atomic mass is 9.89. The van der Waals surface area contributed by atoms with Crippen molar-refractivity contribution in [3.05, 3.63) is 52.2 Å². The highest BCUT2D eigenvalue weighted by atomic mass is 16.6. The van der Waals surface area contributed by atoms with Gasteiger partial charge in [0.2, 0.25) is 0 Å². The minimum atomic E-state index is -0.792. The van der Waals surface area contributed by atoms with Gasteiger partial charge >= 0.3 is 12.0 Å². The number of urea groups is 1. The second kappa shape index (κ2) is 6.92. The second-order valence-electron chi connectivity index (χ2n) is 6.27. The van der Waals surface area contributed by atoms with E-state index >= 15 is 0 Å². The van der Waals surface area contributed by atoms with Crippen molar-refractivity contribution < 1.29 is 19.2 Å². The van der Waals surface area contributed by atoms with Crippen molar-refractivity contribution >= 4 is 17.7 Å². The van der Waals surface area contributed by atoms with Crippen LogP contribution in [0, 0.1) is 16.0 Å². The molecule has 1 saturated carbocycles. The molecule has 0 aromatic heterocycles. The van der Waals surface area contributed by atoms with Crippen LogP contribution in [0.3, 0.4) is 0 Å². The first-order valence-corrected chi connectivity index (χ1v) is 8.17. The molecule has 3 rings (SSSR count). The molecule has 1 saturated heterocycles. The van der Waals surface area contributed by atoms with E-state index < -0.39 is 28.9 Å². The van der Waals surface area contributed by atoms with Crippen LogP contribution >= 0.6 is 0 Å². The van der Waals surface area contributed by atoms with Gasteiger partial charge in [-0.3, -0.25) is 14.9 Å². The molecule has 2 unspecified atom stereocenters. The third-order valence-electron chi connectivity index (χ3n) is 4.57. The highest BCUT2D eigenvalue weighted by Crippen LogP contribution is 2.32. The maximum absolute atomic E-state index is 12.6. The average molecular weight is 345 g/mol. The van der Waals surface area contributed by atoms with Gasteiger partial charge in [0, 0.05) is 17.8 Å². The Labute approximate surface area is 144 Å². The molecule has 8 nitrogen and oxygen atoms in total. The molecule has 1 aliphatic heterocycles. The Morgan fingerprint density at radius 2 is 1.88 bits per heavy atom. The number of esters is 1. The van der Waals surface area contributed by atoms with Gasteiger partial charge in [-0.1, -0.05) is 18.7 Å². The summed E-state index contributed by atoms with van der Waals surface area (Å²) in [6, 6.07) is 4.57. The molecule has 132 valence electrons. The van der Waals surface area contributed by atoms with Crippen molar-refractivity contribution in [2.75, 3.05) is 0 Å². The summed E-state index contributed by atoms with van der Waals surface area (Å²) in [6.07, 6.45) is 3.64. The Morgan fingerprint density at radius 3 is 2.48 bits per heavy atom. The average Bonchev–Trinajstić information content (AvgIpc) is 3.07. The standard InChI is InChI=1S/C17H19N3O5/c1-10-14(16(21)25-13-4-2-3-5-13)15(19-17(22)18-10)11-6-8-12(9-7-11)20(23)24/h6-9,13-15H,1-5H2,(H2,18,19,22). The molecule has 2 fully saturated rings. The molecule has 25 heavy (non-hydrogen) atoms. The topological polar surface area (TPSA) is 111 Å². The molecule has 2 atom stereocenters. The Balaban J connectivity index is 1.84. The molecular formula is C17H19N3O5. The van der Waals surface area contributed by atoms with Crippen LogP contribution in [0.2, 0.25) is 0 Å². The van der Waals surface area contributed by atoms with Gasteiger partial charge in [0.05, 0.1) is 11.0 Å². The van der Waals surface area contributed by atoms with E-state index in [0.29, 0.717) is 5.56 Å². The SMILES string of the molecule is C=C1NC(=O)NC(c2ccc([N+](=O)[O-])cc2)C1C(=O)OC1CCCC1. The molecule has 1 aromatic rings. The number of non-ortho nitro benzene ring substituents is 1. The Morgan fingerprint density at radius 1 is 1.24 bits per heavy atom. The number of nitro groups is 1. The monoisotopic (exact) mass is 345 g/mol. The summed E-state index contributed by atoms with van der Waals surface area (Å²) in [6.45, 7) is 3.78. The van der Waals surface area contributed by atoms with Crippen LogP contribution in [0.5, 0.6) is 0 Å². The largest absolute Gasteiger partial charge is 0.462 e. The summed E-state index contributed by atoms with van der Waals surface area (Å²) in [7, 11) is 0. The zero-order chi connectivity index (χ0) is 18.0. The van der Waals surface area contributed by atoms with Crippen LogP contribution in [0.25, 0.3) is 0 Å². The van der Waals surface area contributed by atoms with E-state index in [1.54, 1.807) is 0 Å². The Hall–Kier alpha value is -2.90. The molecule has 8 heteroatoms. The van der Waals surface area contributed by atoms with E-state index in [9.17, 15) is 19.7 Å². The highest BCUT2D eigenvalue weighted by Gasteiger charge is 2.40. The smallest absolute Gasteiger partial charge is 0.319 e. The molecule has 2 aliphatic rings. The van der Waals surface area contributed by atoms with Crippen LogP contribution in [0.1, 0.15) is 37.3 Å². The molecule has 1 heterocycles. The van der Waals surface area contributed by atoms with Crippen LogP contribution in [0.15, 0.2) is 36.5 Å². The molecule has 1 aromatic carbocycles. The maximum Gasteiger partial charge on any atom is 0.319 e. The van der Waals surface area contributed by atoms with E-state index in [1.807, 2.05) is 0 Å². The first-order valence-electron chi connectivity index (χ1n) is 8.17. The second-order valence-corrected chi connectivity index (χ2v) is 6.27. The van der Waals surface area contributed by atoms with Gasteiger partial charge in [0.25, 0.3) is 5.69 Å². The van der Waals surface area contributed by atoms with Gasteiger partial charge in [0.1, 0.15) is 12.0 Å². The van der Waals surface area contributed by atoms with E-state index in [-0.39, 0.29) is 17.5 Å². The lowest BCUT2D eigenvalue weighted by Gasteiger charge is -2.33. The van der Waals surface area contributed by atoms with Crippen LogP contribution in [-0.2, 0) is 9.53 Å². The van der Waals surface area contributed by atoms with E-state index in [0.717, 1.165) is 25.7 Å². The van der Waals surface area contributed by atoms with Gasteiger partial charge in [-0.15, -0.1) is 0 Å². The van der Waals surface area contributed by atoms with Crippen LogP contribution in [0.4, 0.5) is 10.5 Å². The first-order chi connectivity index (χ1) is 12.0. The summed E-state index contributed by atoms with van der Waals surface area (Å²) in [5, 5.41) is 16.0. The van der Waals surface area contributed by atoms with Crippen molar-refractivity contribution in [2.45, 2.75) is 37.8 Å². The van der Waals surface area contributed by atoms with E-state index in [1.165, 1.54) is 24.3 Å². The van der Waals surface area contributed by atoms with Gasteiger partial charge in [-0.05, 0) is 31.2 Å². The zero-order valence-electron chi connectivity index (χ0n) is 13.6. The van der Waals surface area contributed by atoms with Crippen LogP contribution < -0.4 is 10.6 Å². The fourth-order valence-corrected chi connectivity index (χ4v) is 3.29. The predicted molar refractivity (Wildman–Crippen MR) is 88.5 cm³/mol. The van der Waals surface area contributed by atoms with Gasteiger partial charge in [0.15, 0.2) is 0 Å². The number of nitrogens with one attached hydrogen (secondary N) is 2. The highest BCUT2D eigenvalue weighted by molar-refractivity contribution is 5.85. The molecule has 0 spiro atoms. The fourth-order valence-electron chi connectivity index (χ4n) is 3.29. The summed E-state index contributed by atoms with van der Waals surface area (Å²) in [4.78, 5) is 34.7. The van der Waals surface area contributed by atoms with E-state index in [4.69, 9.17) is 4.74 Å². The number of carbonyl (C=O) groups is 2. The molecule has 2 N–H and O–H groups in total. The Bertz CT molecular complexity index is 709. The normalized spacial score (nSPS) is 23.7. The summed E-state index contributed by atoms with van der Waals surface area (Å²) in [5.74, 6) is -1.24. The van der Waals surface area contributed by atoms with Crippen molar-refractivity contribution in [1.82, 2.24) is 10.6 Å². The molecular weight excluding hydrogens is 326 g/mol. The van der Waals surface area contributed by atoms with Gasteiger partial charge in [-0.25, -0.2) is 4.79 Å². The Kier molecular flexibility index (Phi) is 4.69. The number of ether oxygens (including phenoxy) is 1. The summed E-state index contributed by atoms with van der Waals surface area (Å²) >= 11 is 0. The number of benzene rings is 1. The third-order valence-corrected chi connectivity index (χ3v) is 4.57. The lowest BCUT2D eigenvalue weighted by Crippen LogP contribution is -2.51. The summed E-state index contributed by atoms with van der Waals surface area (Å²) < 4.78 is 5.57. The maximum atomic E-state index is 12.6. The van der Waals surface area contributed by atoms with Crippen molar-refractivity contribution in [2.24, 2.45) is 5.92 Å². The number of hydrogen-bond acceptors (Lipinski definition) is 5. The van der Waals surface area contributed by atoms with Crippen molar-refractivity contribution in [3.63, 3.8) is 0 Å². The number of nitrogens with zero attached hydrogens (tertiary/aromatic N) is 1. The zero-order valence-corrected chi connectivity index (χ0v) is 13.6. The first kappa shape index (κ1) is 16.9. The number of amides is 2. The van der Waals surface area contributed by atoms with Crippen LogP contribution in [-0.4, -0.2) is 23.0 Å². The fraction of sp³-hybridized carbons (Fsp3) is 0.412. The number of carbonyl (C=O) groups excluding carboxylic acids is 2. The van der Waals surface area contributed by atoms with Crippen molar-refractivity contribution in [3.8, 4) is 0 Å². The molecule has 1 aliphatic carbocycles. The number of rotatable bonds is 4. The van der Waals surface area contributed by atoms with Crippen molar-refractivity contribution in [1.29, 1.82) is 0 Å². The predicted octanol–water partition coefficient (Wildman–Crippen LogP) is 2.56. The molecule has 0 bridgehead atoms. The minimum absolute atomic E-state index is 0.0621. The summed E-state index contributed by atoms with van der Waals surface area (Å²) in [5.41, 5.74) is 0.776. The number of nitro benzene ring substituents is 1. The van der Waals surface area contributed by atoms with E-state index in [2.05, 4.69) is 17.2 Å². The minimum Gasteiger partial charge on any atom is -0.462 e. The quantitative estimate of drug-likeness (QED) is 0.495. The molecule has 0 radical (unpaired) electrons. The number of hydrogen-bond donors (Lipinski definition) is 2.